The van der Waals surface area contributed by atoms with Gasteiger partial charge in [0.2, 0.25) is 0 Å². The maximum Gasteiger partial charge on any atom is 0.147 e. The van der Waals surface area contributed by atoms with Crippen LogP contribution in [-0.4, -0.2) is 5.16 Å². The fourth-order valence-electron chi connectivity index (χ4n) is 2.23. The van der Waals surface area contributed by atoms with Gasteiger partial charge in [0.05, 0.1) is 0 Å². The van der Waals surface area contributed by atoms with Crippen molar-refractivity contribution in [3.63, 3.8) is 0 Å². The summed E-state index contributed by atoms with van der Waals surface area (Å²) in [4.78, 5) is 0. The predicted molar refractivity (Wildman–Crippen MR) is 63.2 cm³/mol. The molecule has 1 fully saturated rings. The van der Waals surface area contributed by atoms with Gasteiger partial charge in [0.1, 0.15) is 11.3 Å². The molecule has 0 saturated heterocycles. The second-order valence-corrected chi connectivity index (χ2v) is 4.74. The Labute approximate surface area is 94.6 Å². The van der Waals surface area contributed by atoms with Crippen LogP contribution in [0.3, 0.4) is 0 Å². The number of nitrogens with zero attached hydrogens (tertiary/aromatic N) is 1. The molecule has 0 spiro atoms. The zero-order valence-corrected chi connectivity index (χ0v) is 9.44. The summed E-state index contributed by atoms with van der Waals surface area (Å²) in [5, 5.41) is 5.26. The van der Waals surface area contributed by atoms with Crippen LogP contribution in [0.5, 0.6) is 0 Å². The topological polar surface area (TPSA) is 52.0 Å². The molecule has 1 unspecified atom stereocenters. The zero-order valence-electron chi connectivity index (χ0n) is 9.44. The molecule has 1 heterocycles. The van der Waals surface area contributed by atoms with Crippen LogP contribution in [-0.2, 0) is 0 Å². The summed E-state index contributed by atoms with van der Waals surface area (Å²) < 4.78 is 5.46. The van der Waals surface area contributed by atoms with Crippen LogP contribution in [0.25, 0.3) is 10.9 Å². The Morgan fingerprint density at radius 2 is 2.25 bits per heavy atom. The number of nitrogens with two attached hydrogens (primary N) is 1. The highest BCUT2D eigenvalue weighted by molar-refractivity contribution is 5.81. The molecule has 0 amide bonds. The standard InChI is InChI=1S/C13H16N2O/c1-8(14)10-5-6-12-11(7-10)13(16-15-12)9-3-2-4-9/h5-9H,2-4,14H2,1H3. The van der Waals surface area contributed by atoms with E-state index in [1.165, 1.54) is 19.3 Å². The summed E-state index contributed by atoms with van der Waals surface area (Å²) in [6, 6.07) is 6.22. The highest BCUT2D eigenvalue weighted by Gasteiger charge is 2.25. The van der Waals surface area contributed by atoms with E-state index < -0.39 is 0 Å². The Morgan fingerprint density at radius 1 is 1.44 bits per heavy atom. The molecule has 1 aliphatic rings. The van der Waals surface area contributed by atoms with Crippen molar-refractivity contribution in [2.45, 2.75) is 38.1 Å². The largest absolute Gasteiger partial charge is 0.360 e. The Hall–Kier alpha value is -1.35. The Kier molecular flexibility index (Phi) is 2.21. The van der Waals surface area contributed by atoms with Gasteiger partial charge in [0, 0.05) is 17.3 Å². The summed E-state index contributed by atoms with van der Waals surface area (Å²) in [7, 11) is 0. The van der Waals surface area contributed by atoms with E-state index in [9.17, 15) is 0 Å². The molecule has 3 rings (SSSR count). The van der Waals surface area contributed by atoms with Gasteiger partial charge >= 0.3 is 0 Å². The Balaban J connectivity index is 2.11. The number of hydrogen-bond donors (Lipinski definition) is 1. The van der Waals surface area contributed by atoms with E-state index in [-0.39, 0.29) is 6.04 Å². The van der Waals surface area contributed by atoms with Gasteiger partial charge in [0.25, 0.3) is 0 Å². The summed E-state index contributed by atoms with van der Waals surface area (Å²) in [5.74, 6) is 1.64. The molecule has 2 N–H and O–H groups in total. The third kappa shape index (κ3) is 1.43. The third-order valence-electron chi connectivity index (χ3n) is 3.53. The first-order valence-electron chi connectivity index (χ1n) is 5.90. The van der Waals surface area contributed by atoms with Gasteiger partial charge in [-0.3, -0.25) is 0 Å². The van der Waals surface area contributed by atoms with Gasteiger partial charge in [-0.15, -0.1) is 0 Å². The predicted octanol–water partition coefficient (Wildman–Crippen LogP) is 3.12. The van der Waals surface area contributed by atoms with E-state index in [0.29, 0.717) is 5.92 Å². The summed E-state index contributed by atoms with van der Waals surface area (Å²) in [6.07, 6.45) is 3.76. The first-order valence-corrected chi connectivity index (χ1v) is 5.90. The molecule has 1 aromatic heterocycles. The van der Waals surface area contributed by atoms with Crippen molar-refractivity contribution in [1.82, 2.24) is 5.16 Å². The lowest BCUT2D eigenvalue weighted by Gasteiger charge is -2.22. The molecule has 84 valence electrons. The van der Waals surface area contributed by atoms with Crippen LogP contribution in [0.1, 0.15) is 49.5 Å². The van der Waals surface area contributed by atoms with Crippen LogP contribution in [0.2, 0.25) is 0 Å². The molecule has 0 bridgehead atoms. The van der Waals surface area contributed by atoms with Gasteiger partial charge in [-0.1, -0.05) is 17.6 Å². The summed E-state index contributed by atoms with van der Waals surface area (Å²) in [5.41, 5.74) is 7.99. The SMILES string of the molecule is CC(N)c1ccc2noc(C3CCC3)c2c1. The van der Waals surface area contributed by atoms with Crippen molar-refractivity contribution in [3.8, 4) is 0 Å². The van der Waals surface area contributed by atoms with E-state index >= 15 is 0 Å². The zero-order chi connectivity index (χ0) is 11.1. The number of hydrogen-bond acceptors (Lipinski definition) is 3. The van der Waals surface area contributed by atoms with Crippen molar-refractivity contribution >= 4 is 10.9 Å². The maximum atomic E-state index is 5.90. The van der Waals surface area contributed by atoms with Crippen molar-refractivity contribution in [1.29, 1.82) is 0 Å². The van der Waals surface area contributed by atoms with Crippen LogP contribution in [0.15, 0.2) is 22.7 Å². The van der Waals surface area contributed by atoms with Crippen LogP contribution < -0.4 is 5.73 Å². The molecular weight excluding hydrogens is 200 g/mol. The average Bonchev–Trinajstić information content (AvgIpc) is 2.59. The second-order valence-electron chi connectivity index (χ2n) is 4.74. The lowest BCUT2D eigenvalue weighted by atomic mass is 9.82. The minimum Gasteiger partial charge on any atom is -0.360 e. The first-order chi connectivity index (χ1) is 7.75. The monoisotopic (exact) mass is 216 g/mol. The molecule has 16 heavy (non-hydrogen) atoms. The molecule has 1 aliphatic carbocycles. The lowest BCUT2D eigenvalue weighted by Crippen LogP contribution is -2.08. The summed E-state index contributed by atoms with van der Waals surface area (Å²) >= 11 is 0. The molecule has 0 radical (unpaired) electrons. The van der Waals surface area contributed by atoms with Crippen LogP contribution >= 0.6 is 0 Å². The molecular formula is C13H16N2O. The lowest BCUT2D eigenvalue weighted by molar-refractivity contribution is 0.305. The Bertz CT molecular complexity index is 512. The quantitative estimate of drug-likeness (QED) is 0.839. The average molecular weight is 216 g/mol. The van der Waals surface area contributed by atoms with Gasteiger partial charge in [-0.25, -0.2) is 0 Å². The van der Waals surface area contributed by atoms with E-state index in [0.717, 1.165) is 22.2 Å². The second kappa shape index (κ2) is 3.59. The molecule has 1 atom stereocenters. The highest BCUT2D eigenvalue weighted by atomic mass is 16.5. The number of rotatable bonds is 2. The number of benzene rings is 1. The minimum atomic E-state index is 0.0635. The molecule has 0 aliphatic heterocycles. The van der Waals surface area contributed by atoms with Crippen molar-refractivity contribution < 1.29 is 4.52 Å². The van der Waals surface area contributed by atoms with E-state index in [1.807, 2.05) is 19.1 Å². The first kappa shape index (κ1) is 9.85. The van der Waals surface area contributed by atoms with E-state index in [1.54, 1.807) is 0 Å². The third-order valence-corrected chi connectivity index (χ3v) is 3.53. The molecule has 3 heteroatoms. The molecule has 2 aromatic rings. The van der Waals surface area contributed by atoms with Crippen LogP contribution in [0.4, 0.5) is 0 Å². The number of fused-ring (bicyclic) bond motifs is 1. The number of aromatic nitrogens is 1. The molecule has 1 saturated carbocycles. The van der Waals surface area contributed by atoms with Gasteiger partial charge in [-0.05, 0) is 37.5 Å². The minimum absolute atomic E-state index is 0.0635. The summed E-state index contributed by atoms with van der Waals surface area (Å²) in [6.45, 7) is 2.00. The Morgan fingerprint density at radius 3 is 2.88 bits per heavy atom. The van der Waals surface area contributed by atoms with E-state index in [4.69, 9.17) is 10.3 Å². The van der Waals surface area contributed by atoms with Crippen LogP contribution in [0, 0.1) is 0 Å². The van der Waals surface area contributed by atoms with Crippen molar-refractivity contribution in [3.05, 3.63) is 29.5 Å². The fourth-order valence-corrected chi connectivity index (χ4v) is 2.23. The fraction of sp³-hybridized carbons (Fsp3) is 0.462. The van der Waals surface area contributed by atoms with Crippen molar-refractivity contribution in [2.75, 3.05) is 0 Å². The van der Waals surface area contributed by atoms with Gasteiger partial charge in [0.15, 0.2) is 0 Å². The highest BCUT2D eigenvalue weighted by Crippen LogP contribution is 2.40. The maximum absolute atomic E-state index is 5.90. The van der Waals surface area contributed by atoms with Gasteiger partial charge in [-0.2, -0.15) is 0 Å². The molecule has 3 nitrogen and oxygen atoms in total. The van der Waals surface area contributed by atoms with Gasteiger partial charge < -0.3 is 10.3 Å². The molecule has 1 aromatic carbocycles. The smallest absolute Gasteiger partial charge is 0.147 e. The van der Waals surface area contributed by atoms with Crippen molar-refractivity contribution in [2.24, 2.45) is 5.73 Å². The normalized spacial score (nSPS) is 18.6. The van der Waals surface area contributed by atoms with E-state index in [2.05, 4.69) is 11.2 Å².